The molecule has 2 atom stereocenters. The van der Waals surface area contributed by atoms with Crippen LogP contribution in [-0.2, 0) is 11.2 Å². The van der Waals surface area contributed by atoms with E-state index in [4.69, 9.17) is 9.72 Å². The molecule has 3 rings (SSSR count). The van der Waals surface area contributed by atoms with Gasteiger partial charge in [-0.25, -0.2) is 4.98 Å². The van der Waals surface area contributed by atoms with Gasteiger partial charge in [-0.3, -0.25) is 0 Å². The Kier molecular flexibility index (Phi) is 4.05. The average molecular weight is 281 g/mol. The SMILES string of the molecule is CCC1CN(c2nc3c(s2)CCCC3NC)CCO1. The van der Waals surface area contributed by atoms with Crippen molar-refractivity contribution >= 4 is 16.5 Å². The lowest BCUT2D eigenvalue weighted by molar-refractivity contribution is 0.0384. The highest BCUT2D eigenvalue weighted by Crippen LogP contribution is 2.37. The summed E-state index contributed by atoms with van der Waals surface area (Å²) in [4.78, 5) is 8.82. The first-order chi connectivity index (χ1) is 9.31. The zero-order chi connectivity index (χ0) is 13.2. The van der Waals surface area contributed by atoms with Gasteiger partial charge in [0.1, 0.15) is 0 Å². The second-order valence-corrected chi connectivity index (χ2v) is 6.45. The highest BCUT2D eigenvalue weighted by Gasteiger charge is 2.27. The molecule has 0 spiro atoms. The van der Waals surface area contributed by atoms with Crippen molar-refractivity contribution in [2.45, 2.75) is 44.8 Å². The number of anilines is 1. The molecule has 1 N–H and O–H groups in total. The first kappa shape index (κ1) is 13.3. The van der Waals surface area contributed by atoms with Crippen molar-refractivity contribution in [2.24, 2.45) is 0 Å². The van der Waals surface area contributed by atoms with Gasteiger partial charge in [0.2, 0.25) is 0 Å². The van der Waals surface area contributed by atoms with Gasteiger partial charge in [-0.05, 0) is 32.7 Å². The van der Waals surface area contributed by atoms with Gasteiger partial charge < -0.3 is 15.0 Å². The Balaban J connectivity index is 1.80. The van der Waals surface area contributed by atoms with Gasteiger partial charge in [-0.1, -0.05) is 6.92 Å². The summed E-state index contributed by atoms with van der Waals surface area (Å²) < 4.78 is 5.75. The highest BCUT2D eigenvalue weighted by atomic mass is 32.1. The molecule has 0 radical (unpaired) electrons. The van der Waals surface area contributed by atoms with Crippen molar-refractivity contribution in [3.63, 3.8) is 0 Å². The molecule has 0 saturated carbocycles. The Hall–Kier alpha value is -0.650. The number of morpholine rings is 1. The van der Waals surface area contributed by atoms with Crippen molar-refractivity contribution in [3.05, 3.63) is 10.6 Å². The molecule has 2 heterocycles. The molecule has 1 saturated heterocycles. The predicted octanol–water partition coefficient (Wildman–Crippen LogP) is 2.36. The topological polar surface area (TPSA) is 37.4 Å². The van der Waals surface area contributed by atoms with Crippen LogP contribution < -0.4 is 10.2 Å². The number of hydrogen-bond donors (Lipinski definition) is 1. The summed E-state index contributed by atoms with van der Waals surface area (Å²) in [5, 5.41) is 4.60. The molecule has 4 nitrogen and oxygen atoms in total. The summed E-state index contributed by atoms with van der Waals surface area (Å²) in [6.07, 6.45) is 5.15. The van der Waals surface area contributed by atoms with Gasteiger partial charge in [0.05, 0.1) is 24.4 Å². The summed E-state index contributed by atoms with van der Waals surface area (Å²) in [6, 6.07) is 0.455. The molecule has 1 fully saturated rings. The third-order valence-electron chi connectivity index (χ3n) is 4.16. The van der Waals surface area contributed by atoms with Crippen molar-refractivity contribution < 1.29 is 4.74 Å². The third-order valence-corrected chi connectivity index (χ3v) is 5.35. The maximum atomic E-state index is 5.75. The van der Waals surface area contributed by atoms with Crippen LogP contribution in [0.25, 0.3) is 0 Å². The highest BCUT2D eigenvalue weighted by molar-refractivity contribution is 7.15. The van der Waals surface area contributed by atoms with Crippen LogP contribution in [0.4, 0.5) is 5.13 Å². The second kappa shape index (κ2) is 5.77. The molecule has 2 aliphatic rings. The number of nitrogens with one attached hydrogen (secondary N) is 1. The number of rotatable bonds is 3. The molecule has 0 amide bonds. The van der Waals surface area contributed by atoms with Crippen LogP contribution in [0.2, 0.25) is 0 Å². The molecular formula is C14H23N3OS. The lowest BCUT2D eigenvalue weighted by Gasteiger charge is -2.32. The Labute approximate surface area is 119 Å². The molecule has 0 bridgehead atoms. The smallest absolute Gasteiger partial charge is 0.186 e. The van der Waals surface area contributed by atoms with Gasteiger partial charge in [0.25, 0.3) is 0 Å². The molecule has 1 aliphatic carbocycles. The number of thiazole rings is 1. The predicted molar refractivity (Wildman–Crippen MR) is 79.1 cm³/mol. The van der Waals surface area contributed by atoms with Crippen molar-refractivity contribution in [2.75, 3.05) is 31.6 Å². The van der Waals surface area contributed by atoms with Crippen molar-refractivity contribution in [1.29, 1.82) is 0 Å². The van der Waals surface area contributed by atoms with Gasteiger partial charge in [-0.2, -0.15) is 0 Å². The number of aryl methyl sites for hydroxylation is 1. The van der Waals surface area contributed by atoms with Crippen LogP contribution in [0.15, 0.2) is 0 Å². The van der Waals surface area contributed by atoms with Crippen LogP contribution in [0, 0.1) is 0 Å². The van der Waals surface area contributed by atoms with Gasteiger partial charge in [0, 0.05) is 18.0 Å². The van der Waals surface area contributed by atoms with E-state index in [1.54, 1.807) is 0 Å². The molecule has 19 heavy (non-hydrogen) atoms. The van der Waals surface area contributed by atoms with Gasteiger partial charge in [0.15, 0.2) is 5.13 Å². The Bertz CT molecular complexity index is 434. The first-order valence-corrected chi connectivity index (χ1v) is 8.17. The lowest BCUT2D eigenvalue weighted by Crippen LogP contribution is -2.42. The van der Waals surface area contributed by atoms with Crippen molar-refractivity contribution in [3.8, 4) is 0 Å². The fourth-order valence-electron chi connectivity index (χ4n) is 2.96. The monoisotopic (exact) mass is 281 g/mol. The Morgan fingerprint density at radius 1 is 1.53 bits per heavy atom. The summed E-state index contributed by atoms with van der Waals surface area (Å²) in [6.45, 7) is 5.00. The van der Waals surface area contributed by atoms with E-state index in [0.717, 1.165) is 26.1 Å². The average Bonchev–Trinajstić information content (AvgIpc) is 2.91. The largest absolute Gasteiger partial charge is 0.375 e. The maximum Gasteiger partial charge on any atom is 0.186 e. The number of fused-ring (bicyclic) bond motifs is 1. The first-order valence-electron chi connectivity index (χ1n) is 7.35. The van der Waals surface area contributed by atoms with Crippen LogP contribution in [0.1, 0.15) is 42.8 Å². The van der Waals surface area contributed by atoms with E-state index in [2.05, 4.69) is 17.1 Å². The molecule has 1 aromatic rings. The van der Waals surface area contributed by atoms with Crippen LogP contribution in [0.5, 0.6) is 0 Å². The van der Waals surface area contributed by atoms with Gasteiger partial charge >= 0.3 is 0 Å². The van der Waals surface area contributed by atoms with Crippen LogP contribution in [0.3, 0.4) is 0 Å². The van der Waals surface area contributed by atoms with E-state index in [0.29, 0.717) is 12.1 Å². The summed E-state index contributed by atoms with van der Waals surface area (Å²) in [5.74, 6) is 0. The van der Waals surface area contributed by atoms with E-state index >= 15 is 0 Å². The number of hydrogen-bond acceptors (Lipinski definition) is 5. The van der Waals surface area contributed by atoms with E-state index < -0.39 is 0 Å². The van der Waals surface area contributed by atoms with Crippen LogP contribution >= 0.6 is 11.3 Å². The zero-order valence-corrected chi connectivity index (χ0v) is 12.6. The molecule has 5 heteroatoms. The number of aromatic nitrogens is 1. The fraction of sp³-hybridized carbons (Fsp3) is 0.786. The maximum absolute atomic E-state index is 5.75. The molecule has 0 aromatic carbocycles. The van der Waals surface area contributed by atoms with Gasteiger partial charge in [-0.15, -0.1) is 11.3 Å². The zero-order valence-electron chi connectivity index (χ0n) is 11.8. The van der Waals surface area contributed by atoms with E-state index in [9.17, 15) is 0 Å². The minimum Gasteiger partial charge on any atom is -0.375 e. The summed E-state index contributed by atoms with van der Waals surface area (Å²) in [7, 11) is 2.04. The number of nitrogens with zero attached hydrogens (tertiary/aromatic N) is 2. The third kappa shape index (κ3) is 2.64. The Morgan fingerprint density at radius 3 is 3.21 bits per heavy atom. The number of ether oxygens (including phenoxy) is 1. The minimum absolute atomic E-state index is 0.370. The molecule has 2 unspecified atom stereocenters. The summed E-state index contributed by atoms with van der Waals surface area (Å²) >= 11 is 1.89. The normalized spacial score (nSPS) is 27.4. The molecule has 1 aromatic heterocycles. The standard InChI is InChI=1S/C14H23N3OS/c1-3-10-9-17(7-8-18-10)14-16-13-11(15-2)5-4-6-12(13)19-14/h10-11,15H,3-9H2,1-2H3. The van der Waals surface area contributed by atoms with E-state index in [1.807, 2.05) is 18.4 Å². The molecule has 1 aliphatic heterocycles. The van der Waals surface area contributed by atoms with E-state index in [1.165, 1.54) is 35.0 Å². The van der Waals surface area contributed by atoms with E-state index in [-0.39, 0.29) is 0 Å². The van der Waals surface area contributed by atoms with Crippen molar-refractivity contribution in [1.82, 2.24) is 10.3 Å². The van der Waals surface area contributed by atoms with Crippen LogP contribution in [-0.4, -0.2) is 37.8 Å². The molecule has 106 valence electrons. The fourth-order valence-corrected chi connectivity index (χ4v) is 4.16. The quantitative estimate of drug-likeness (QED) is 0.923. The summed E-state index contributed by atoms with van der Waals surface area (Å²) in [5.41, 5.74) is 1.30. The second-order valence-electron chi connectivity index (χ2n) is 5.39. The lowest BCUT2D eigenvalue weighted by atomic mass is 9.98. The molecular weight excluding hydrogens is 258 g/mol. The Morgan fingerprint density at radius 2 is 2.42 bits per heavy atom. The minimum atomic E-state index is 0.370.